The third-order valence-electron chi connectivity index (χ3n) is 5.56. The van der Waals surface area contributed by atoms with Crippen molar-refractivity contribution in [1.82, 2.24) is 0 Å². The Balaban J connectivity index is 1.55. The van der Waals surface area contributed by atoms with E-state index in [4.69, 9.17) is 11.5 Å². The van der Waals surface area contributed by atoms with Gasteiger partial charge in [0.1, 0.15) is 11.6 Å². The lowest BCUT2D eigenvalue weighted by molar-refractivity contribution is -0.120. The summed E-state index contributed by atoms with van der Waals surface area (Å²) in [5.41, 5.74) is 15.1. The molecule has 1 amide bonds. The van der Waals surface area contributed by atoms with Gasteiger partial charge in [-0.3, -0.25) is 4.79 Å². The lowest BCUT2D eigenvalue weighted by Gasteiger charge is -2.15. The fourth-order valence-electron chi connectivity index (χ4n) is 3.60. The summed E-state index contributed by atoms with van der Waals surface area (Å²) in [6.07, 6.45) is 1.60. The van der Waals surface area contributed by atoms with E-state index < -0.39 is 23.1 Å². The number of primary amides is 1. The smallest absolute Gasteiger partial charge is 0.228 e. The van der Waals surface area contributed by atoms with E-state index in [1.54, 1.807) is 0 Å². The van der Waals surface area contributed by atoms with Crippen molar-refractivity contribution in [1.29, 1.82) is 0 Å². The van der Waals surface area contributed by atoms with Crippen LogP contribution in [0.5, 0.6) is 0 Å². The zero-order valence-electron chi connectivity index (χ0n) is 15.2. The summed E-state index contributed by atoms with van der Waals surface area (Å²) < 4.78 is 27.1. The largest absolute Gasteiger partial charge is 0.369 e. The molecule has 3 aromatic carbocycles. The van der Waals surface area contributed by atoms with Crippen LogP contribution in [0.2, 0.25) is 0 Å². The number of benzene rings is 3. The van der Waals surface area contributed by atoms with Crippen molar-refractivity contribution in [3.8, 4) is 11.1 Å². The molecular weight excluding hydrogens is 358 g/mol. The highest BCUT2D eigenvalue weighted by Gasteiger charge is 2.49. The second kappa shape index (κ2) is 6.84. The number of halogens is 2. The van der Waals surface area contributed by atoms with Crippen molar-refractivity contribution in [2.75, 3.05) is 0 Å². The predicted molar refractivity (Wildman–Crippen MR) is 104 cm³/mol. The highest BCUT2D eigenvalue weighted by Crippen LogP contribution is 2.48. The van der Waals surface area contributed by atoms with Gasteiger partial charge in [0.25, 0.3) is 0 Å². The Hall–Kier alpha value is -3.05. The number of hydrogen-bond donors (Lipinski definition) is 2. The van der Waals surface area contributed by atoms with Gasteiger partial charge in [0.2, 0.25) is 5.91 Å². The molecule has 1 aliphatic carbocycles. The minimum absolute atomic E-state index is 0.250. The SMILES string of the molecule is NC(=O)C1(c2ccc(-c3ccc(C(N)c4ccc(F)cc4F)cc3)cc2)CC1. The maximum atomic E-state index is 14.0. The van der Waals surface area contributed by atoms with Crippen molar-refractivity contribution < 1.29 is 13.6 Å². The molecule has 0 aliphatic heterocycles. The average molecular weight is 378 g/mol. The second-order valence-electron chi connectivity index (χ2n) is 7.29. The Bertz CT molecular complexity index is 1030. The maximum absolute atomic E-state index is 14.0. The molecular formula is C23H20F2N2O. The van der Waals surface area contributed by atoms with Crippen LogP contribution in [0.15, 0.2) is 66.7 Å². The van der Waals surface area contributed by atoms with Crippen molar-refractivity contribution in [2.45, 2.75) is 24.3 Å². The molecule has 0 saturated heterocycles. The van der Waals surface area contributed by atoms with Crippen LogP contribution in [0, 0.1) is 11.6 Å². The van der Waals surface area contributed by atoms with Gasteiger partial charge < -0.3 is 11.5 Å². The van der Waals surface area contributed by atoms with Crippen molar-refractivity contribution in [3.63, 3.8) is 0 Å². The average Bonchev–Trinajstić information content (AvgIpc) is 3.50. The molecule has 1 atom stereocenters. The van der Waals surface area contributed by atoms with Crippen LogP contribution in [0.1, 0.15) is 35.6 Å². The highest BCUT2D eigenvalue weighted by atomic mass is 19.1. The quantitative estimate of drug-likeness (QED) is 0.699. The third kappa shape index (κ3) is 3.18. The molecule has 3 nitrogen and oxygen atoms in total. The van der Waals surface area contributed by atoms with Gasteiger partial charge in [-0.1, -0.05) is 54.6 Å². The van der Waals surface area contributed by atoms with E-state index in [0.717, 1.165) is 41.2 Å². The summed E-state index contributed by atoms with van der Waals surface area (Å²) in [6, 6.07) is 18.0. The van der Waals surface area contributed by atoms with Gasteiger partial charge in [0.05, 0.1) is 11.5 Å². The van der Waals surface area contributed by atoms with E-state index in [2.05, 4.69) is 0 Å². The summed E-state index contributed by atoms with van der Waals surface area (Å²) in [6.45, 7) is 0. The van der Waals surface area contributed by atoms with E-state index >= 15 is 0 Å². The molecule has 1 aliphatic rings. The van der Waals surface area contributed by atoms with Crippen molar-refractivity contribution in [2.24, 2.45) is 11.5 Å². The Morgan fingerprint density at radius 3 is 1.96 bits per heavy atom. The minimum atomic E-state index is -0.678. The van der Waals surface area contributed by atoms with Crippen LogP contribution in [-0.4, -0.2) is 5.91 Å². The zero-order chi connectivity index (χ0) is 19.9. The van der Waals surface area contributed by atoms with Gasteiger partial charge in [-0.05, 0) is 41.2 Å². The van der Waals surface area contributed by atoms with Crippen molar-refractivity contribution in [3.05, 3.63) is 95.1 Å². The number of nitrogens with two attached hydrogens (primary N) is 2. The first kappa shape index (κ1) is 18.3. The van der Waals surface area contributed by atoms with E-state index in [1.165, 1.54) is 12.1 Å². The second-order valence-corrected chi connectivity index (χ2v) is 7.29. The first-order chi connectivity index (χ1) is 13.4. The Morgan fingerprint density at radius 2 is 1.46 bits per heavy atom. The third-order valence-corrected chi connectivity index (χ3v) is 5.56. The summed E-state index contributed by atoms with van der Waals surface area (Å²) in [5.74, 6) is -1.56. The molecule has 142 valence electrons. The van der Waals surface area contributed by atoms with Crippen LogP contribution in [0.4, 0.5) is 8.78 Å². The normalized spacial score (nSPS) is 15.8. The lowest BCUT2D eigenvalue weighted by Crippen LogP contribution is -2.28. The van der Waals surface area contributed by atoms with E-state index in [0.29, 0.717) is 0 Å². The minimum Gasteiger partial charge on any atom is -0.369 e. The molecule has 3 aromatic rings. The zero-order valence-corrected chi connectivity index (χ0v) is 15.2. The molecule has 0 heterocycles. The first-order valence-electron chi connectivity index (χ1n) is 9.12. The monoisotopic (exact) mass is 378 g/mol. The van der Waals surface area contributed by atoms with Crippen LogP contribution in [-0.2, 0) is 10.2 Å². The van der Waals surface area contributed by atoms with Gasteiger partial charge >= 0.3 is 0 Å². The number of carbonyl (C=O) groups is 1. The molecule has 0 radical (unpaired) electrons. The van der Waals surface area contributed by atoms with Gasteiger partial charge in [-0.2, -0.15) is 0 Å². The van der Waals surface area contributed by atoms with E-state index in [9.17, 15) is 13.6 Å². The molecule has 1 unspecified atom stereocenters. The predicted octanol–water partition coefficient (Wildman–Crippen LogP) is 4.20. The summed E-state index contributed by atoms with van der Waals surface area (Å²) in [4.78, 5) is 11.7. The molecule has 28 heavy (non-hydrogen) atoms. The highest BCUT2D eigenvalue weighted by molar-refractivity contribution is 5.90. The Kier molecular flexibility index (Phi) is 4.47. The van der Waals surface area contributed by atoms with Crippen LogP contribution < -0.4 is 11.5 Å². The number of hydrogen-bond acceptors (Lipinski definition) is 2. The first-order valence-corrected chi connectivity index (χ1v) is 9.12. The van der Waals surface area contributed by atoms with Crippen LogP contribution >= 0.6 is 0 Å². The maximum Gasteiger partial charge on any atom is 0.228 e. The van der Waals surface area contributed by atoms with Crippen molar-refractivity contribution >= 4 is 5.91 Å². The number of carbonyl (C=O) groups excluding carboxylic acids is 1. The van der Waals surface area contributed by atoms with E-state index in [-0.39, 0.29) is 11.5 Å². The topological polar surface area (TPSA) is 69.1 Å². The summed E-state index contributed by atoms with van der Waals surface area (Å²) in [7, 11) is 0. The van der Waals surface area contributed by atoms with Gasteiger partial charge in [-0.15, -0.1) is 0 Å². The van der Waals surface area contributed by atoms with Crippen LogP contribution in [0.3, 0.4) is 0 Å². The van der Waals surface area contributed by atoms with Crippen LogP contribution in [0.25, 0.3) is 11.1 Å². The number of rotatable bonds is 5. The molecule has 4 N–H and O–H groups in total. The Morgan fingerprint density at radius 1 is 0.893 bits per heavy atom. The molecule has 4 rings (SSSR count). The van der Waals surface area contributed by atoms with Gasteiger partial charge in [-0.25, -0.2) is 8.78 Å². The molecule has 0 spiro atoms. The van der Waals surface area contributed by atoms with Gasteiger partial charge in [0, 0.05) is 11.6 Å². The molecule has 0 bridgehead atoms. The summed E-state index contributed by atoms with van der Waals surface area (Å²) >= 11 is 0. The summed E-state index contributed by atoms with van der Waals surface area (Å²) in [5, 5.41) is 0. The fraction of sp³-hybridized carbons (Fsp3) is 0.174. The molecule has 1 fully saturated rings. The van der Waals surface area contributed by atoms with Gasteiger partial charge in [0.15, 0.2) is 0 Å². The standard InChI is InChI=1S/C23H20F2N2O/c24-18-9-10-19(20(25)13-18)21(26)16-3-1-14(2-4-16)15-5-7-17(8-6-15)23(11-12-23)22(27)28/h1-10,13,21H,11-12,26H2,(H2,27,28). The molecule has 0 aromatic heterocycles. The fourth-order valence-corrected chi connectivity index (χ4v) is 3.60. The lowest BCUT2D eigenvalue weighted by atomic mass is 9.92. The van der Waals surface area contributed by atoms with E-state index in [1.807, 2.05) is 48.5 Å². The number of amides is 1. The Labute approximate surface area is 162 Å². The molecule has 1 saturated carbocycles. The molecule has 5 heteroatoms.